The summed E-state index contributed by atoms with van der Waals surface area (Å²) >= 11 is 1.07. The van der Waals surface area contributed by atoms with E-state index in [1.807, 2.05) is 0 Å². The van der Waals surface area contributed by atoms with Gasteiger partial charge in [-0.2, -0.15) is 44.4 Å². The van der Waals surface area contributed by atoms with E-state index in [2.05, 4.69) is 15.4 Å². The quantitative estimate of drug-likeness (QED) is 0.194. The maximum atomic E-state index is 16.0. The third-order valence-electron chi connectivity index (χ3n) is 6.94. The summed E-state index contributed by atoms with van der Waals surface area (Å²) < 4.78 is 93.7. The Labute approximate surface area is 241 Å². The summed E-state index contributed by atoms with van der Waals surface area (Å²) in [5, 5.41) is 15.3. The molecule has 18 heteroatoms. The van der Waals surface area contributed by atoms with Crippen LogP contribution < -0.4 is 15.8 Å². The lowest BCUT2D eigenvalue weighted by Gasteiger charge is -2.42. The molecule has 42 heavy (non-hydrogen) atoms. The average Bonchev–Trinajstić information content (AvgIpc) is 3.73. The van der Waals surface area contributed by atoms with Crippen LogP contribution in [0, 0.1) is 11.2 Å². The molecule has 0 aliphatic carbocycles. The van der Waals surface area contributed by atoms with Crippen molar-refractivity contribution in [2.24, 2.45) is 5.73 Å². The first-order chi connectivity index (χ1) is 19.9. The van der Waals surface area contributed by atoms with Crippen molar-refractivity contribution in [3.8, 4) is 5.88 Å². The number of nitrogens with one attached hydrogen (secondary N) is 2. The lowest BCUT2D eigenvalue weighted by molar-refractivity contribution is -0.185. The van der Waals surface area contributed by atoms with Gasteiger partial charge in [0.25, 0.3) is 16.1 Å². The Morgan fingerprint density at radius 2 is 1.88 bits per heavy atom. The summed E-state index contributed by atoms with van der Waals surface area (Å²) in [4.78, 5) is 17.1. The summed E-state index contributed by atoms with van der Waals surface area (Å²) in [6, 6.07) is 1.43. The summed E-state index contributed by atoms with van der Waals surface area (Å²) in [6.45, 7) is -0.884. The highest BCUT2D eigenvalue weighted by atomic mass is 32.2. The van der Waals surface area contributed by atoms with Gasteiger partial charge < -0.3 is 15.8 Å². The molecule has 4 heterocycles. The fourth-order valence-corrected chi connectivity index (χ4v) is 7.28. The number of nitrogens with two attached hydrogens (primary N) is 1. The molecule has 2 unspecified atom stereocenters. The second-order valence-electron chi connectivity index (χ2n) is 9.64. The van der Waals surface area contributed by atoms with Gasteiger partial charge in [-0.3, -0.25) is 10.2 Å². The van der Waals surface area contributed by atoms with E-state index >= 15 is 4.39 Å². The van der Waals surface area contributed by atoms with Gasteiger partial charge >= 0.3 is 12.1 Å². The number of piperazine rings is 1. The molecule has 2 aliphatic rings. The molecule has 226 valence electrons. The van der Waals surface area contributed by atoms with E-state index < -0.39 is 58.3 Å². The largest absolute Gasteiger partial charge is 0.471 e. The number of carbonyl (C=O) groups excluding carboxylic acids is 1. The molecular formula is C24H26F4N8O4S2. The highest BCUT2D eigenvalue weighted by Gasteiger charge is 2.56. The Kier molecular flexibility index (Phi) is 8.35. The van der Waals surface area contributed by atoms with Crippen molar-refractivity contribution < 1.29 is 35.5 Å². The molecule has 1 aromatic carbocycles. The summed E-state index contributed by atoms with van der Waals surface area (Å²) in [5.74, 6) is -3.25. The number of nitrogens with zero attached hydrogens (tertiary/aromatic N) is 5. The van der Waals surface area contributed by atoms with E-state index in [1.54, 1.807) is 12.1 Å². The Morgan fingerprint density at radius 1 is 1.19 bits per heavy atom. The third kappa shape index (κ3) is 5.76. The van der Waals surface area contributed by atoms with Gasteiger partial charge in [0.2, 0.25) is 5.82 Å². The molecular weight excluding hydrogens is 604 g/mol. The molecule has 2 aliphatic heterocycles. The number of halogens is 4. The van der Waals surface area contributed by atoms with Crippen LogP contribution in [0.25, 0.3) is 0 Å². The smallest absolute Gasteiger partial charge is 0.407 e. The first kappa shape index (κ1) is 30.0. The van der Waals surface area contributed by atoms with Crippen molar-refractivity contribution in [1.29, 1.82) is 5.41 Å². The van der Waals surface area contributed by atoms with Crippen LogP contribution in [0.2, 0.25) is 0 Å². The predicted octanol–water partition coefficient (Wildman–Crippen LogP) is 2.25. The van der Waals surface area contributed by atoms with Crippen LogP contribution in [0.3, 0.4) is 0 Å². The SMILES string of the molecule is N=C(N)c1ccc(COc2c(F)c(C3NCCN(S(=O)(=O)N4CCCC4)C3C(F)(F)F)nn2C(=O)c2cscn2)cc1. The Hall–Kier alpha value is -3.45. The van der Waals surface area contributed by atoms with Gasteiger partial charge in [0.1, 0.15) is 29.9 Å². The van der Waals surface area contributed by atoms with Crippen LogP contribution in [-0.2, 0) is 16.8 Å². The molecule has 0 saturated carbocycles. The molecule has 0 spiro atoms. The molecule has 0 bridgehead atoms. The molecule has 3 aromatic rings. The van der Waals surface area contributed by atoms with E-state index in [0.29, 0.717) is 33.0 Å². The fraction of sp³-hybridized carbons (Fsp3) is 0.417. The van der Waals surface area contributed by atoms with Crippen molar-refractivity contribution in [2.75, 3.05) is 26.2 Å². The number of rotatable bonds is 8. The number of ether oxygens (including phenoxy) is 1. The zero-order valence-electron chi connectivity index (χ0n) is 21.8. The number of carbonyl (C=O) groups is 1. The normalized spacial score (nSPS) is 20.6. The molecule has 2 atom stereocenters. The van der Waals surface area contributed by atoms with E-state index in [9.17, 15) is 26.4 Å². The number of thiazole rings is 1. The monoisotopic (exact) mass is 630 g/mol. The van der Waals surface area contributed by atoms with E-state index in [4.69, 9.17) is 15.9 Å². The van der Waals surface area contributed by atoms with Gasteiger partial charge in [0, 0.05) is 37.1 Å². The van der Waals surface area contributed by atoms with Crippen LogP contribution in [0.1, 0.15) is 46.2 Å². The minimum Gasteiger partial charge on any atom is -0.471 e. The Balaban J connectivity index is 1.54. The molecule has 4 N–H and O–H groups in total. The van der Waals surface area contributed by atoms with Crippen LogP contribution >= 0.6 is 11.3 Å². The molecule has 5 rings (SSSR count). The fourth-order valence-electron chi connectivity index (χ4n) is 4.89. The highest BCUT2D eigenvalue weighted by Crippen LogP contribution is 2.40. The van der Waals surface area contributed by atoms with E-state index in [0.717, 1.165) is 15.6 Å². The summed E-state index contributed by atoms with van der Waals surface area (Å²) in [7, 11) is -4.54. The number of hydrogen-bond acceptors (Lipinski definition) is 9. The lowest BCUT2D eigenvalue weighted by Crippen LogP contribution is -2.63. The highest BCUT2D eigenvalue weighted by molar-refractivity contribution is 7.86. The first-order valence-corrected chi connectivity index (χ1v) is 15.1. The second-order valence-corrected chi connectivity index (χ2v) is 12.2. The molecule has 0 radical (unpaired) electrons. The van der Waals surface area contributed by atoms with Gasteiger partial charge in [-0.15, -0.1) is 11.3 Å². The van der Waals surface area contributed by atoms with Gasteiger partial charge in [-0.05, 0) is 18.4 Å². The zero-order valence-corrected chi connectivity index (χ0v) is 23.5. The number of hydrogen-bond donors (Lipinski definition) is 3. The number of benzene rings is 1. The topological polar surface area (TPSA) is 160 Å². The number of nitrogen functional groups attached to an aromatic ring is 1. The zero-order chi connectivity index (χ0) is 30.2. The maximum Gasteiger partial charge on any atom is 0.407 e. The van der Waals surface area contributed by atoms with Crippen LogP contribution in [0.15, 0.2) is 35.2 Å². The first-order valence-electron chi connectivity index (χ1n) is 12.7. The average molecular weight is 631 g/mol. The molecule has 2 fully saturated rings. The number of aromatic nitrogens is 3. The standard InChI is InChI=1S/C24H26F4N8O4S2/c25-17-18(19-20(24(26,27)28)35(10-7-31-19)42(38,39)34-8-1-2-9-34)33-36(22(37)16-12-41-13-32-16)23(17)40-11-14-3-5-15(6-4-14)21(29)30/h3-6,12-13,19-20,31H,1-2,7-11H2,(H3,29,30). The minimum atomic E-state index is -5.13. The summed E-state index contributed by atoms with van der Waals surface area (Å²) in [5.41, 5.74) is 6.72. The number of alkyl halides is 3. The maximum absolute atomic E-state index is 16.0. The van der Waals surface area contributed by atoms with Crippen molar-refractivity contribution in [2.45, 2.75) is 37.7 Å². The third-order valence-corrected chi connectivity index (χ3v) is 9.54. The molecule has 2 saturated heterocycles. The van der Waals surface area contributed by atoms with Crippen molar-refractivity contribution in [3.05, 3.63) is 63.5 Å². The van der Waals surface area contributed by atoms with Gasteiger partial charge in [-0.25, -0.2) is 4.98 Å². The van der Waals surface area contributed by atoms with Crippen LogP contribution in [0.5, 0.6) is 5.88 Å². The molecule has 2 aromatic heterocycles. The lowest BCUT2D eigenvalue weighted by atomic mass is 10.0. The van der Waals surface area contributed by atoms with Crippen LogP contribution in [-0.4, -0.2) is 81.9 Å². The van der Waals surface area contributed by atoms with E-state index in [-0.39, 0.29) is 37.8 Å². The van der Waals surface area contributed by atoms with Gasteiger partial charge in [-0.1, -0.05) is 24.3 Å². The molecule has 0 amide bonds. The minimum absolute atomic E-state index is 0.0814. The van der Waals surface area contributed by atoms with Crippen molar-refractivity contribution in [1.82, 2.24) is 28.7 Å². The Bertz CT molecular complexity index is 1560. The number of amidine groups is 1. The van der Waals surface area contributed by atoms with Gasteiger partial charge in [0.15, 0.2) is 0 Å². The van der Waals surface area contributed by atoms with Crippen molar-refractivity contribution in [3.63, 3.8) is 0 Å². The van der Waals surface area contributed by atoms with Crippen molar-refractivity contribution >= 4 is 33.3 Å². The second kappa shape index (κ2) is 11.7. The van der Waals surface area contributed by atoms with Gasteiger partial charge in [0.05, 0.1) is 11.6 Å². The van der Waals surface area contributed by atoms with E-state index in [1.165, 1.54) is 23.0 Å². The molecule has 12 nitrogen and oxygen atoms in total. The Morgan fingerprint density at radius 3 is 2.48 bits per heavy atom. The predicted molar refractivity (Wildman–Crippen MR) is 143 cm³/mol. The van der Waals surface area contributed by atoms with Crippen LogP contribution in [0.4, 0.5) is 17.6 Å². The summed E-state index contributed by atoms with van der Waals surface area (Å²) in [6.07, 6.45) is -4.09.